The summed E-state index contributed by atoms with van der Waals surface area (Å²) in [4.78, 5) is 0. The van der Waals surface area contributed by atoms with Crippen LogP contribution in [-0.2, 0) is 0 Å². The summed E-state index contributed by atoms with van der Waals surface area (Å²) in [6.07, 6.45) is 6.56. The summed E-state index contributed by atoms with van der Waals surface area (Å²) in [6, 6.07) is 0. The van der Waals surface area contributed by atoms with Crippen LogP contribution >= 0.6 is 11.6 Å². The van der Waals surface area contributed by atoms with E-state index in [2.05, 4.69) is 6.58 Å². The number of halogens is 1. The summed E-state index contributed by atoms with van der Waals surface area (Å²) in [5.41, 5.74) is 0. The largest absolute Gasteiger partial charge is 0.126 e. The van der Waals surface area contributed by atoms with Crippen LogP contribution in [0.4, 0.5) is 0 Å². The van der Waals surface area contributed by atoms with Crippen LogP contribution in [0.5, 0.6) is 0 Å². The van der Waals surface area contributed by atoms with Crippen LogP contribution in [0, 0.1) is 0 Å². The highest BCUT2D eigenvalue weighted by molar-refractivity contribution is 6.17. The van der Waals surface area contributed by atoms with Crippen LogP contribution in [0.15, 0.2) is 24.8 Å². The normalized spacial score (nSPS) is 9.86. The van der Waals surface area contributed by atoms with Gasteiger partial charge in [0, 0.05) is 5.88 Å². The van der Waals surface area contributed by atoms with Gasteiger partial charge in [0.05, 0.1) is 0 Å². The fourth-order valence-electron chi connectivity index (χ4n) is 0.255. The lowest BCUT2D eigenvalue weighted by atomic mass is 10.4. The number of hydrogen-bond acceptors (Lipinski definition) is 0. The fourth-order valence-corrected chi connectivity index (χ4v) is 0.381. The quantitative estimate of drug-likeness (QED) is 0.392. The monoisotopic (exact) mass is 116 g/mol. The molecule has 0 nitrogen and oxygen atoms in total. The van der Waals surface area contributed by atoms with Gasteiger partial charge in [0.15, 0.2) is 0 Å². The van der Waals surface area contributed by atoms with Crippen molar-refractivity contribution in [2.24, 2.45) is 0 Å². The standard InChI is InChI=1S/C6H9Cl/c1-2-3-4-5-6-7/h2-4H,1,5-6H2/b4-3+. The molecule has 0 aromatic heterocycles. The summed E-state index contributed by atoms with van der Waals surface area (Å²) in [7, 11) is 0. The Morgan fingerprint density at radius 2 is 2.29 bits per heavy atom. The molecule has 0 unspecified atom stereocenters. The minimum atomic E-state index is 0.699. The lowest BCUT2D eigenvalue weighted by molar-refractivity contribution is 1.24. The van der Waals surface area contributed by atoms with E-state index in [1.807, 2.05) is 12.2 Å². The van der Waals surface area contributed by atoms with Gasteiger partial charge in [0.1, 0.15) is 0 Å². The van der Waals surface area contributed by atoms with Gasteiger partial charge < -0.3 is 0 Å². The van der Waals surface area contributed by atoms with Crippen molar-refractivity contribution in [1.82, 2.24) is 0 Å². The average molecular weight is 117 g/mol. The molecule has 1 heteroatoms. The summed E-state index contributed by atoms with van der Waals surface area (Å²) >= 11 is 5.35. The molecule has 0 spiro atoms. The van der Waals surface area contributed by atoms with E-state index in [0.717, 1.165) is 6.42 Å². The molecule has 0 rings (SSSR count). The SMILES string of the molecule is C=C/C=C/CCCl. The molecule has 0 N–H and O–H groups in total. The van der Waals surface area contributed by atoms with Gasteiger partial charge in [-0.2, -0.15) is 0 Å². The van der Waals surface area contributed by atoms with Crippen molar-refractivity contribution in [3.05, 3.63) is 24.8 Å². The summed E-state index contributed by atoms with van der Waals surface area (Å²) < 4.78 is 0. The molecule has 0 atom stereocenters. The molecule has 0 radical (unpaired) electrons. The molecule has 7 heavy (non-hydrogen) atoms. The molecule has 0 fully saturated rings. The van der Waals surface area contributed by atoms with Crippen LogP contribution < -0.4 is 0 Å². The zero-order valence-electron chi connectivity index (χ0n) is 4.23. The van der Waals surface area contributed by atoms with E-state index in [1.165, 1.54) is 0 Å². The molecular formula is C6H9Cl. The van der Waals surface area contributed by atoms with Gasteiger partial charge in [-0.3, -0.25) is 0 Å². The van der Waals surface area contributed by atoms with Crippen molar-refractivity contribution >= 4 is 11.6 Å². The third-order valence-electron chi connectivity index (χ3n) is 0.548. The van der Waals surface area contributed by atoms with Crippen molar-refractivity contribution in [2.75, 3.05) is 5.88 Å². The highest BCUT2D eigenvalue weighted by Gasteiger charge is 1.68. The highest BCUT2D eigenvalue weighted by atomic mass is 35.5. The molecular weight excluding hydrogens is 108 g/mol. The van der Waals surface area contributed by atoms with E-state index in [1.54, 1.807) is 6.08 Å². The van der Waals surface area contributed by atoms with Gasteiger partial charge in [-0.25, -0.2) is 0 Å². The minimum Gasteiger partial charge on any atom is -0.126 e. The first kappa shape index (κ1) is 6.77. The smallest absolute Gasteiger partial charge is 0.0258 e. The van der Waals surface area contributed by atoms with Gasteiger partial charge in [-0.05, 0) is 6.42 Å². The Bertz CT molecular complexity index is 64.6. The number of alkyl halides is 1. The lowest BCUT2D eigenvalue weighted by Gasteiger charge is -1.75. The molecule has 0 saturated carbocycles. The van der Waals surface area contributed by atoms with Crippen molar-refractivity contribution in [3.8, 4) is 0 Å². The maximum Gasteiger partial charge on any atom is 0.0258 e. The lowest BCUT2D eigenvalue weighted by Crippen LogP contribution is -1.62. The van der Waals surface area contributed by atoms with Crippen LogP contribution in [-0.4, -0.2) is 5.88 Å². The zero-order valence-corrected chi connectivity index (χ0v) is 4.99. The Morgan fingerprint density at radius 3 is 2.71 bits per heavy atom. The van der Waals surface area contributed by atoms with Gasteiger partial charge >= 0.3 is 0 Å². The highest BCUT2D eigenvalue weighted by Crippen LogP contribution is 1.85. The van der Waals surface area contributed by atoms with Crippen molar-refractivity contribution in [3.63, 3.8) is 0 Å². The molecule has 0 aromatic rings. The van der Waals surface area contributed by atoms with Crippen molar-refractivity contribution < 1.29 is 0 Å². The first-order chi connectivity index (χ1) is 3.41. The molecule has 0 bridgehead atoms. The third-order valence-corrected chi connectivity index (χ3v) is 0.766. The molecule has 0 aromatic carbocycles. The topological polar surface area (TPSA) is 0 Å². The Labute approximate surface area is 49.5 Å². The van der Waals surface area contributed by atoms with E-state index >= 15 is 0 Å². The second kappa shape index (κ2) is 5.77. The minimum absolute atomic E-state index is 0.699. The van der Waals surface area contributed by atoms with Crippen molar-refractivity contribution in [2.45, 2.75) is 6.42 Å². The fraction of sp³-hybridized carbons (Fsp3) is 0.333. The molecule has 0 aliphatic rings. The molecule has 40 valence electrons. The van der Waals surface area contributed by atoms with E-state index in [4.69, 9.17) is 11.6 Å². The van der Waals surface area contributed by atoms with Crippen LogP contribution in [0.2, 0.25) is 0 Å². The summed E-state index contributed by atoms with van der Waals surface area (Å²) in [6.45, 7) is 3.50. The Morgan fingerprint density at radius 1 is 1.57 bits per heavy atom. The van der Waals surface area contributed by atoms with E-state index in [0.29, 0.717) is 5.88 Å². The van der Waals surface area contributed by atoms with Gasteiger partial charge in [0.2, 0.25) is 0 Å². The number of allylic oxidation sites excluding steroid dienone is 3. The maximum absolute atomic E-state index is 5.35. The van der Waals surface area contributed by atoms with E-state index < -0.39 is 0 Å². The van der Waals surface area contributed by atoms with Gasteiger partial charge in [-0.1, -0.05) is 24.8 Å². The molecule has 0 amide bonds. The summed E-state index contributed by atoms with van der Waals surface area (Å²) in [5, 5.41) is 0. The number of rotatable bonds is 3. The third kappa shape index (κ3) is 5.77. The summed E-state index contributed by atoms with van der Waals surface area (Å²) in [5.74, 6) is 0.699. The number of hydrogen-bond donors (Lipinski definition) is 0. The molecule has 0 heterocycles. The van der Waals surface area contributed by atoms with Gasteiger partial charge in [0.25, 0.3) is 0 Å². The Kier molecular flexibility index (Phi) is 5.58. The zero-order chi connectivity index (χ0) is 5.54. The molecule has 0 aliphatic heterocycles. The van der Waals surface area contributed by atoms with Crippen LogP contribution in [0.1, 0.15) is 6.42 Å². The van der Waals surface area contributed by atoms with Crippen LogP contribution in [0.3, 0.4) is 0 Å². The molecule has 0 saturated heterocycles. The first-order valence-electron chi connectivity index (χ1n) is 2.25. The second-order valence-corrected chi connectivity index (χ2v) is 1.52. The van der Waals surface area contributed by atoms with E-state index in [9.17, 15) is 0 Å². The van der Waals surface area contributed by atoms with Crippen LogP contribution in [0.25, 0.3) is 0 Å². The maximum atomic E-state index is 5.35. The average Bonchev–Trinajstić information content (AvgIpc) is 1.69. The Hall–Kier alpha value is -0.230. The Balaban J connectivity index is 2.92. The van der Waals surface area contributed by atoms with Crippen molar-refractivity contribution in [1.29, 1.82) is 0 Å². The predicted octanol–water partition coefficient (Wildman–Crippen LogP) is 2.36. The van der Waals surface area contributed by atoms with Gasteiger partial charge in [-0.15, -0.1) is 11.6 Å². The second-order valence-electron chi connectivity index (χ2n) is 1.14. The predicted molar refractivity (Wildman–Crippen MR) is 34.7 cm³/mol. The van der Waals surface area contributed by atoms with E-state index in [-0.39, 0.29) is 0 Å². The first-order valence-corrected chi connectivity index (χ1v) is 2.78. The molecule has 0 aliphatic carbocycles.